The average Bonchev–Trinajstić information content (AvgIpc) is 2.82. The zero-order valence-electron chi connectivity index (χ0n) is 9.91. The molecule has 0 bridgehead atoms. The van der Waals surface area contributed by atoms with Crippen LogP contribution in [0.5, 0.6) is 5.75 Å². The van der Waals surface area contributed by atoms with Gasteiger partial charge in [0.1, 0.15) is 5.75 Å². The van der Waals surface area contributed by atoms with Crippen LogP contribution in [-0.2, 0) is 6.18 Å². The van der Waals surface area contributed by atoms with E-state index in [2.05, 4.69) is 15.9 Å². The third-order valence-corrected chi connectivity index (χ3v) is 4.06. The molecule has 20 heavy (non-hydrogen) atoms. The lowest BCUT2D eigenvalue weighted by Crippen LogP contribution is -2.14. The molecular weight excluding hydrogens is 357 g/mol. The van der Waals surface area contributed by atoms with Gasteiger partial charge in [-0.05, 0) is 40.2 Å². The van der Waals surface area contributed by atoms with E-state index in [4.69, 9.17) is 4.74 Å². The number of para-hydroxylation sites is 1. The second kappa shape index (κ2) is 5.97. The summed E-state index contributed by atoms with van der Waals surface area (Å²) in [6, 6.07) is 8.10. The van der Waals surface area contributed by atoms with Crippen LogP contribution in [0.1, 0.15) is 15.2 Å². The summed E-state index contributed by atoms with van der Waals surface area (Å²) in [4.78, 5) is 12.2. The molecule has 1 aromatic carbocycles. The lowest BCUT2D eigenvalue weighted by molar-refractivity contribution is -0.138. The first-order valence-electron chi connectivity index (χ1n) is 5.45. The predicted octanol–water partition coefficient (Wildman–Crippen LogP) is 4.79. The minimum absolute atomic E-state index is 0.344. The minimum Gasteiger partial charge on any atom is -0.485 e. The van der Waals surface area contributed by atoms with Gasteiger partial charge in [0.2, 0.25) is 5.78 Å². The Labute approximate surface area is 125 Å². The third kappa shape index (κ3) is 3.61. The van der Waals surface area contributed by atoms with Gasteiger partial charge in [0, 0.05) is 0 Å². The highest BCUT2D eigenvalue weighted by Crippen LogP contribution is 2.36. The lowest BCUT2D eigenvalue weighted by atomic mass is 10.2. The van der Waals surface area contributed by atoms with Gasteiger partial charge in [-0.15, -0.1) is 11.3 Å². The first-order chi connectivity index (χ1) is 9.38. The largest absolute Gasteiger partial charge is 0.485 e. The number of halogens is 4. The highest BCUT2D eigenvalue weighted by molar-refractivity contribution is 9.11. The van der Waals surface area contributed by atoms with Crippen LogP contribution in [0, 0.1) is 0 Å². The summed E-state index contributed by atoms with van der Waals surface area (Å²) >= 11 is 4.42. The SMILES string of the molecule is O=C(COc1ccccc1C(F)(F)F)c1ccc(Br)s1. The van der Waals surface area contributed by atoms with Gasteiger partial charge in [-0.25, -0.2) is 0 Å². The van der Waals surface area contributed by atoms with E-state index in [1.165, 1.54) is 29.5 Å². The molecule has 0 radical (unpaired) electrons. The van der Waals surface area contributed by atoms with Gasteiger partial charge in [0.15, 0.2) is 6.61 Å². The normalized spacial score (nSPS) is 11.4. The molecule has 2 nitrogen and oxygen atoms in total. The van der Waals surface area contributed by atoms with Crippen molar-refractivity contribution in [3.63, 3.8) is 0 Å². The third-order valence-electron chi connectivity index (χ3n) is 2.40. The number of carbonyl (C=O) groups excluding carboxylic acids is 1. The van der Waals surface area contributed by atoms with Crippen LogP contribution >= 0.6 is 27.3 Å². The Kier molecular flexibility index (Phi) is 4.49. The van der Waals surface area contributed by atoms with E-state index in [0.29, 0.717) is 4.88 Å². The molecule has 0 saturated carbocycles. The van der Waals surface area contributed by atoms with E-state index >= 15 is 0 Å². The summed E-state index contributed by atoms with van der Waals surface area (Å²) in [6.45, 7) is -0.431. The van der Waals surface area contributed by atoms with Crippen molar-refractivity contribution in [1.82, 2.24) is 0 Å². The number of rotatable bonds is 4. The maximum absolute atomic E-state index is 12.7. The quantitative estimate of drug-likeness (QED) is 0.729. The van der Waals surface area contributed by atoms with Crippen LogP contribution in [0.25, 0.3) is 0 Å². The second-order valence-electron chi connectivity index (χ2n) is 3.81. The Morgan fingerprint density at radius 2 is 1.90 bits per heavy atom. The maximum Gasteiger partial charge on any atom is 0.419 e. The van der Waals surface area contributed by atoms with Gasteiger partial charge in [-0.2, -0.15) is 13.2 Å². The van der Waals surface area contributed by atoms with Crippen molar-refractivity contribution in [2.75, 3.05) is 6.61 Å². The van der Waals surface area contributed by atoms with Gasteiger partial charge in [0.25, 0.3) is 0 Å². The first kappa shape index (κ1) is 15.1. The molecule has 2 aromatic rings. The van der Waals surface area contributed by atoms with Gasteiger partial charge in [0.05, 0.1) is 14.2 Å². The van der Waals surface area contributed by atoms with E-state index < -0.39 is 18.3 Å². The fourth-order valence-corrected chi connectivity index (χ4v) is 2.82. The maximum atomic E-state index is 12.7. The van der Waals surface area contributed by atoms with Crippen LogP contribution < -0.4 is 4.74 Å². The Bertz CT molecular complexity index is 622. The van der Waals surface area contributed by atoms with E-state index in [-0.39, 0.29) is 11.5 Å². The average molecular weight is 365 g/mol. The second-order valence-corrected chi connectivity index (χ2v) is 6.27. The number of ketones is 1. The standard InChI is InChI=1S/C13H8BrF3O2S/c14-12-6-5-11(20-12)9(18)7-19-10-4-2-1-3-8(10)13(15,16)17/h1-6H,7H2. The molecule has 106 valence electrons. The molecule has 0 aliphatic rings. The Morgan fingerprint density at radius 1 is 1.20 bits per heavy atom. The van der Waals surface area contributed by atoms with Crippen molar-refractivity contribution >= 4 is 33.0 Å². The van der Waals surface area contributed by atoms with Gasteiger partial charge >= 0.3 is 6.18 Å². The molecule has 0 aliphatic heterocycles. The van der Waals surface area contributed by atoms with Crippen LogP contribution in [0.2, 0.25) is 0 Å². The smallest absolute Gasteiger partial charge is 0.419 e. The highest BCUT2D eigenvalue weighted by Gasteiger charge is 2.34. The zero-order valence-corrected chi connectivity index (χ0v) is 12.3. The number of thiophene rings is 1. The highest BCUT2D eigenvalue weighted by atomic mass is 79.9. The molecule has 0 spiro atoms. The molecule has 0 unspecified atom stereocenters. The van der Waals surface area contributed by atoms with E-state index in [0.717, 1.165) is 9.85 Å². The summed E-state index contributed by atoms with van der Waals surface area (Å²) in [5.41, 5.74) is -0.889. The first-order valence-corrected chi connectivity index (χ1v) is 7.06. The zero-order chi connectivity index (χ0) is 14.8. The van der Waals surface area contributed by atoms with Crippen LogP contribution in [0.3, 0.4) is 0 Å². The Hall–Kier alpha value is -1.34. The number of carbonyl (C=O) groups is 1. The molecule has 1 aromatic heterocycles. The minimum atomic E-state index is -4.51. The Morgan fingerprint density at radius 3 is 2.50 bits per heavy atom. The number of Topliss-reactive ketones (excluding diaryl/α,β-unsaturated/α-hetero) is 1. The van der Waals surface area contributed by atoms with Crippen LogP contribution in [-0.4, -0.2) is 12.4 Å². The summed E-state index contributed by atoms with van der Waals surface area (Å²) < 4.78 is 44.0. The fraction of sp³-hybridized carbons (Fsp3) is 0.154. The molecule has 0 saturated heterocycles. The van der Waals surface area contributed by atoms with Gasteiger partial charge < -0.3 is 4.74 Å². The number of ether oxygens (including phenoxy) is 1. The molecule has 0 aliphatic carbocycles. The molecule has 1 heterocycles. The molecular formula is C13H8BrF3O2S. The van der Waals surface area contributed by atoms with E-state index in [1.807, 2.05) is 0 Å². The summed E-state index contributed by atoms with van der Waals surface area (Å²) in [6.07, 6.45) is -4.51. The van der Waals surface area contributed by atoms with E-state index in [1.54, 1.807) is 12.1 Å². The molecule has 0 atom stereocenters. The molecule has 7 heteroatoms. The van der Waals surface area contributed by atoms with Crippen molar-refractivity contribution < 1.29 is 22.7 Å². The topological polar surface area (TPSA) is 26.3 Å². The lowest BCUT2D eigenvalue weighted by Gasteiger charge is -2.12. The van der Waals surface area contributed by atoms with Crippen molar-refractivity contribution in [1.29, 1.82) is 0 Å². The molecule has 2 rings (SSSR count). The predicted molar refractivity (Wildman–Crippen MR) is 73.3 cm³/mol. The number of hydrogen-bond acceptors (Lipinski definition) is 3. The van der Waals surface area contributed by atoms with E-state index in [9.17, 15) is 18.0 Å². The van der Waals surface area contributed by atoms with Crippen LogP contribution in [0.15, 0.2) is 40.2 Å². The van der Waals surface area contributed by atoms with Gasteiger partial charge in [-0.1, -0.05) is 12.1 Å². The van der Waals surface area contributed by atoms with Crippen molar-refractivity contribution in [3.05, 3.63) is 50.6 Å². The fourth-order valence-electron chi connectivity index (χ4n) is 1.51. The summed E-state index contributed by atoms with van der Waals surface area (Å²) in [5.74, 6) is -0.707. The van der Waals surface area contributed by atoms with Crippen LogP contribution in [0.4, 0.5) is 13.2 Å². The molecule has 0 amide bonds. The van der Waals surface area contributed by atoms with Crippen molar-refractivity contribution in [2.24, 2.45) is 0 Å². The molecule has 0 fully saturated rings. The number of alkyl halides is 3. The monoisotopic (exact) mass is 364 g/mol. The van der Waals surface area contributed by atoms with Crippen molar-refractivity contribution in [2.45, 2.75) is 6.18 Å². The number of benzene rings is 1. The molecule has 0 N–H and O–H groups in total. The summed E-state index contributed by atoms with van der Waals surface area (Å²) in [5, 5.41) is 0. The number of hydrogen-bond donors (Lipinski definition) is 0. The Balaban J connectivity index is 2.10. The van der Waals surface area contributed by atoms with Crippen molar-refractivity contribution in [3.8, 4) is 5.75 Å². The summed E-state index contributed by atoms with van der Waals surface area (Å²) in [7, 11) is 0. The van der Waals surface area contributed by atoms with Gasteiger partial charge in [-0.3, -0.25) is 4.79 Å².